The van der Waals surface area contributed by atoms with Crippen molar-refractivity contribution in [2.24, 2.45) is 5.92 Å². The van der Waals surface area contributed by atoms with Gasteiger partial charge >= 0.3 is 29.2 Å². The Kier molecular flexibility index (Phi) is 8.89. The molecular weight excluding hydrogens is 556 g/mol. The van der Waals surface area contributed by atoms with E-state index in [2.05, 4.69) is 13.1 Å². The number of aromatic nitrogens is 2. The van der Waals surface area contributed by atoms with Crippen LogP contribution in [0.15, 0.2) is 21.9 Å². The first kappa shape index (κ1) is 29.0. The van der Waals surface area contributed by atoms with Gasteiger partial charge in [-0.3, -0.25) is 18.9 Å². The minimum Gasteiger partial charge on any atom is -0.396 e. The van der Waals surface area contributed by atoms with Crippen LogP contribution in [0.4, 0.5) is 4.39 Å². The molecule has 2 heterocycles. The molecule has 21 heteroatoms. The van der Waals surface area contributed by atoms with Gasteiger partial charge in [0.25, 0.3) is 5.56 Å². The highest BCUT2D eigenvalue weighted by atomic mass is 35.5. The highest BCUT2D eigenvalue weighted by Crippen LogP contribution is 2.67. The van der Waals surface area contributed by atoms with Crippen molar-refractivity contribution in [3.63, 3.8) is 0 Å². The minimum atomic E-state index is -5.84. The van der Waals surface area contributed by atoms with Crippen molar-refractivity contribution in [1.82, 2.24) is 9.55 Å². The quantitative estimate of drug-likeness (QED) is 0.164. The van der Waals surface area contributed by atoms with Crippen molar-refractivity contribution in [1.29, 1.82) is 0 Å². The molecule has 16 nitrogen and oxygen atoms in total. The second-order valence-corrected chi connectivity index (χ2v) is 11.2. The molecule has 0 aromatic carbocycles. The molecule has 0 aliphatic carbocycles. The van der Waals surface area contributed by atoms with E-state index in [9.17, 15) is 38.2 Å². The number of phosphoric acid groups is 3. The van der Waals surface area contributed by atoms with Crippen LogP contribution in [0.5, 0.6) is 0 Å². The molecule has 1 aromatic rings. The third kappa shape index (κ3) is 6.93. The third-order valence-corrected chi connectivity index (χ3v) is 8.32. The topological polar surface area (TPSA) is 244 Å². The van der Waals surface area contributed by atoms with E-state index < -0.39 is 71.3 Å². The van der Waals surface area contributed by atoms with Crippen LogP contribution >= 0.6 is 35.1 Å². The lowest BCUT2D eigenvalue weighted by atomic mass is 9.85. The van der Waals surface area contributed by atoms with E-state index in [1.807, 2.05) is 10.9 Å². The van der Waals surface area contributed by atoms with Gasteiger partial charge in [-0.05, 0) is 24.4 Å². The number of ether oxygens (including phenoxy) is 1. The molecule has 0 saturated carbocycles. The Morgan fingerprint density at radius 2 is 1.88 bits per heavy atom. The smallest absolute Gasteiger partial charge is 0.396 e. The normalized spacial score (nSPS) is 29.5. The number of hydrogen-bond donors (Lipinski definition) is 6. The largest absolute Gasteiger partial charge is 0.490 e. The minimum absolute atomic E-state index is 0.558. The molecule has 1 aliphatic rings. The summed E-state index contributed by atoms with van der Waals surface area (Å²) in [6.07, 6.45) is -4.60. The molecular formula is C13H17ClFN2O14P3. The summed E-state index contributed by atoms with van der Waals surface area (Å²) in [6, 6.07) is 0.843. The number of aliphatic hydroxyl groups is 1. The molecule has 0 spiro atoms. The van der Waals surface area contributed by atoms with Gasteiger partial charge in [-0.25, -0.2) is 22.9 Å². The van der Waals surface area contributed by atoms with E-state index in [1.165, 1.54) is 0 Å². The van der Waals surface area contributed by atoms with E-state index in [0.717, 1.165) is 19.2 Å². The molecule has 0 amide bonds. The number of phosphoric ester groups is 1. The Morgan fingerprint density at radius 1 is 1.26 bits per heavy atom. The molecule has 192 valence electrons. The number of H-pyrrole nitrogens is 1. The van der Waals surface area contributed by atoms with Crippen molar-refractivity contribution < 1.29 is 60.6 Å². The molecule has 2 rings (SSSR count). The summed E-state index contributed by atoms with van der Waals surface area (Å²) in [7, 11) is -17.1. The molecule has 1 saturated heterocycles. The number of nitrogens with zero attached hydrogens (tertiary/aromatic N) is 1. The van der Waals surface area contributed by atoms with Crippen LogP contribution in [0.1, 0.15) is 13.2 Å². The average molecular weight is 573 g/mol. The van der Waals surface area contributed by atoms with E-state index in [4.69, 9.17) is 26.1 Å². The van der Waals surface area contributed by atoms with Gasteiger partial charge in [-0.2, -0.15) is 8.62 Å². The highest BCUT2D eigenvalue weighted by molar-refractivity contribution is 7.66. The number of aromatic amines is 1. The number of alkyl halides is 1. The third-order valence-electron chi connectivity index (χ3n) is 4.30. The predicted molar refractivity (Wildman–Crippen MR) is 108 cm³/mol. The fourth-order valence-electron chi connectivity index (χ4n) is 3.12. The zero-order valence-corrected chi connectivity index (χ0v) is 20.1. The standard InChI is InChI=1S/C13H17ClFN2O14P3/c1-7(29-33(24,25)31-34(26,27)30-32(21,22)23)10-8(6-18)13(15,3-4-14)11(28-10)17-5-2-9(19)16-12(17)20/h2,5,7-8,10-11,18H,6H2,1H3,(H,24,25)(H,26,27)(H,16,19,20)(H2,21,22,23)/t7-,8?,10+,11+,13?/m0/s1. The van der Waals surface area contributed by atoms with Crippen molar-refractivity contribution in [2.75, 3.05) is 6.61 Å². The van der Waals surface area contributed by atoms with Crippen molar-refractivity contribution in [3.05, 3.63) is 33.1 Å². The Hall–Kier alpha value is -1.21. The second-order valence-electron chi connectivity index (χ2n) is 6.65. The maximum Gasteiger partial charge on any atom is 0.490 e. The summed E-state index contributed by atoms with van der Waals surface area (Å²) in [6.45, 7) is -0.0797. The molecule has 34 heavy (non-hydrogen) atoms. The Morgan fingerprint density at radius 3 is 2.38 bits per heavy atom. The number of hydrogen-bond acceptors (Lipinski definition) is 10. The van der Waals surface area contributed by atoms with E-state index >= 15 is 4.39 Å². The second kappa shape index (κ2) is 10.4. The molecule has 6 N–H and O–H groups in total. The summed E-state index contributed by atoms with van der Waals surface area (Å²) in [5.74, 6) is 0.209. The molecule has 1 aliphatic heterocycles. The van der Waals surface area contributed by atoms with E-state index in [0.29, 0.717) is 4.57 Å². The maximum absolute atomic E-state index is 15.9. The lowest BCUT2D eigenvalue weighted by molar-refractivity contribution is -0.0744. The number of nitrogens with one attached hydrogen (secondary N) is 1. The first-order valence-corrected chi connectivity index (χ1v) is 13.6. The number of aliphatic hydroxyl groups excluding tert-OH is 1. The van der Waals surface area contributed by atoms with Gasteiger partial charge in [0.05, 0.1) is 24.7 Å². The molecule has 0 radical (unpaired) electrons. The van der Waals surface area contributed by atoms with Crippen molar-refractivity contribution in [3.8, 4) is 11.3 Å². The monoisotopic (exact) mass is 572 g/mol. The fraction of sp³-hybridized carbons (Fsp3) is 0.538. The highest BCUT2D eigenvalue weighted by Gasteiger charge is 2.60. The van der Waals surface area contributed by atoms with Crippen LogP contribution in [0.2, 0.25) is 0 Å². The first-order valence-electron chi connectivity index (χ1n) is 8.66. The lowest BCUT2D eigenvalue weighted by Gasteiger charge is -2.27. The first-order chi connectivity index (χ1) is 15.4. The summed E-state index contributed by atoms with van der Waals surface area (Å²) in [5, 5.41) is 11.5. The van der Waals surface area contributed by atoms with Crippen molar-refractivity contribution >= 4 is 35.1 Å². The average Bonchev–Trinajstić information content (AvgIpc) is 2.90. The van der Waals surface area contributed by atoms with Crippen LogP contribution in [-0.4, -0.2) is 58.7 Å². The van der Waals surface area contributed by atoms with Gasteiger partial charge in [-0.15, -0.1) is 0 Å². The van der Waals surface area contributed by atoms with Gasteiger partial charge in [-0.1, -0.05) is 0 Å². The number of halogens is 2. The van der Waals surface area contributed by atoms with Gasteiger partial charge < -0.3 is 29.4 Å². The lowest BCUT2D eigenvalue weighted by Crippen LogP contribution is -2.44. The van der Waals surface area contributed by atoms with Crippen molar-refractivity contribution in [2.45, 2.75) is 31.0 Å². The summed E-state index contributed by atoms with van der Waals surface area (Å²) >= 11 is 5.31. The van der Waals surface area contributed by atoms with Crippen LogP contribution < -0.4 is 11.2 Å². The zero-order valence-electron chi connectivity index (χ0n) is 16.6. The molecule has 7 atom stereocenters. The number of rotatable bonds is 9. The fourth-order valence-corrected chi connectivity index (χ4v) is 6.46. The zero-order chi connectivity index (χ0) is 26.1. The van der Waals surface area contributed by atoms with Gasteiger partial charge in [0, 0.05) is 17.6 Å². The summed E-state index contributed by atoms with van der Waals surface area (Å²) < 4.78 is 67.9. The summed E-state index contributed by atoms with van der Waals surface area (Å²) in [5.41, 5.74) is -4.91. The summed E-state index contributed by atoms with van der Waals surface area (Å²) in [4.78, 5) is 61.4. The molecule has 1 aromatic heterocycles. The van der Waals surface area contributed by atoms with E-state index in [-0.39, 0.29) is 0 Å². The van der Waals surface area contributed by atoms with Crippen LogP contribution in [0, 0.1) is 17.2 Å². The Balaban J connectivity index is 2.38. The van der Waals surface area contributed by atoms with Gasteiger partial charge in [0.15, 0.2) is 6.23 Å². The predicted octanol–water partition coefficient (Wildman–Crippen LogP) is -0.318. The Bertz CT molecular complexity index is 1240. The SMILES string of the molecule is C[C@H](OP(=O)(O)OP(=O)(O)OP(=O)(O)O)[C@H]1O[C@@H](n2ccc(=O)[nH]c2=O)C(F)(C#CCl)C1CO. The van der Waals surface area contributed by atoms with E-state index in [1.54, 1.807) is 5.38 Å². The van der Waals surface area contributed by atoms with Crippen LogP contribution in [0.3, 0.4) is 0 Å². The maximum atomic E-state index is 15.9. The molecule has 1 fully saturated rings. The van der Waals surface area contributed by atoms with Gasteiger partial charge in [0.1, 0.15) is 0 Å². The van der Waals surface area contributed by atoms with Crippen LogP contribution in [0.25, 0.3) is 0 Å². The van der Waals surface area contributed by atoms with Crippen LogP contribution in [-0.2, 0) is 31.6 Å². The molecule has 0 bridgehead atoms. The van der Waals surface area contributed by atoms with Gasteiger partial charge in [0.2, 0.25) is 5.67 Å². The molecule has 4 unspecified atom stereocenters. The Labute approximate surface area is 193 Å².